The van der Waals surface area contributed by atoms with Crippen molar-refractivity contribution in [3.63, 3.8) is 0 Å². The van der Waals surface area contributed by atoms with Gasteiger partial charge in [-0.1, -0.05) is 43.0 Å². The molecule has 0 aliphatic carbocycles. The molecular formula is C23H24N4OS2. The van der Waals surface area contributed by atoms with Crippen LogP contribution in [0.1, 0.15) is 18.9 Å². The van der Waals surface area contributed by atoms with Crippen LogP contribution in [0, 0.1) is 0 Å². The average molecular weight is 437 g/mol. The Balaban J connectivity index is 1.48. The Bertz CT molecular complexity index is 1040. The van der Waals surface area contributed by atoms with Gasteiger partial charge in [0, 0.05) is 22.9 Å². The number of fused-ring (bicyclic) bond motifs is 1. The van der Waals surface area contributed by atoms with E-state index in [1.54, 1.807) is 11.8 Å². The predicted octanol–water partition coefficient (Wildman–Crippen LogP) is 5.14. The smallest absolute Gasteiger partial charge is 0.196 e. The Kier molecular flexibility index (Phi) is 6.52. The van der Waals surface area contributed by atoms with Crippen LogP contribution in [-0.4, -0.2) is 22.0 Å². The minimum atomic E-state index is -1.29. The van der Waals surface area contributed by atoms with Crippen LogP contribution in [0.4, 0.5) is 11.4 Å². The Morgan fingerprint density at radius 1 is 1.07 bits per heavy atom. The summed E-state index contributed by atoms with van der Waals surface area (Å²) in [4.78, 5) is 9.62. The molecular weight excluding hydrogens is 412 g/mol. The standard InChI is InChI=1S/C23H24N4OS2/c1-2-13-27-16-17-14-20(11-12-22(17)25-23(27)24)29-19-8-6-7-18(15-19)26-30(28)21-9-4-3-5-10-21/h3-12,14-15,26H,2,13,16H2,1H3,(H2,24,25). The lowest BCUT2D eigenvalue weighted by Gasteiger charge is -2.28. The lowest BCUT2D eigenvalue weighted by atomic mass is 10.1. The number of aliphatic imine (C=N–C) groups is 1. The van der Waals surface area contributed by atoms with Crippen LogP contribution in [0.15, 0.2) is 92.5 Å². The summed E-state index contributed by atoms with van der Waals surface area (Å²) in [5.41, 5.74) is 9.03. The second-order valence-corrected chi connectivity index (χ2v) is 9.36. The summed E-state index contributed by atoms with van der Waals surface area (Å²) in [5.74, 6) is 0.593. The first-order valence-electron chi connectivity index (χ1n) is 9.86. The minimum Gasteiger partial charge on any atom is -0.588 e. The maximum absolute atomic E-state index is 12.5. The first-order chi connectivity index (χ1) is 14.6. The zero-order valence-electron chi connectivity index (χ0n) is 16.7. The van der Waals surface area contributed by atoms with Crippen molar-refractivity contribution in [2.45, 2.75) is 34.6 Å². The van der Waals surface area contributed by atoms with Crippen LogP contribution in [0.25, 0.3) is 0 Å². The molecule has 0 aromatic heterocycles. The molecule has 0 bridgehead atoms. The third-order valence-corrected chi connectivity index (χ3v) is 6.80. The van der Waals surface area contributed by atoms with Gasteiger partial charge in [0.15, 0.2) is 10.9 Å². The predicted molar refractivity (Wildman–Crippen MR) is 125 cm³/mol. The molecule has 3 N–H and O–H groups in total. The van der Waals surface area contributed by atoms with E-state index >= 15 is 0 Å². The number of hydrogen-bond acceptors (Lipinski definition) is 6. The van der Waals surface area contributed by atoms with Crippen LogP contribution >= 0.6 is 11.8 Å². The number of rotatable bonds is 7. The van der Waals surface area contributed by atoms with E-state index in [9.17, 15) is 4.55 Å². The number of nitrogens with two attached hydrogens (primary N) is 1. The van der Waals surface area contributed by atoms with Gasteiger partial charge in [-0.05, 0) is 60.5 Å². The molecule has 0 fully saturated rings. The highest BCUT2D eigenvalue weighted by Crippen LogP contribution is 2.34. The fourth-order valence-corrected chi connectivity index (χ4v) is 5.08. The number of hydrogen-bond donors (Lipinski definition) is 2. The van der Waals surface area contributed by atoms with Crippen molar-refractivity contribution in [3.05, 3.63) is 78.4 Å². The van der Waals surface area contributed by atoms with Gasteiger partial charge in [0.05, 0.1) is 11.4 Å². The molecule has 1 aliphatic heterocycles. The molecule has 0 saturated heterocycles. The van der Waals surface area contributed by atoms with Crippen LogP contribution < -0.4 is 10.5 Å². The van der Waals surface area contributed by atoms with Crippen molar-refractivity contribution in [1.82, 2.24) is 4.90 Å². The summed E-state index contributed by atoms with van der Waals surface area (Å²) in [5, 5.41) is 0. The molecule has 1 atom stereocenters. The third kappa shape index (κ3) is 4.92. The highest BCUT2D eigenvalue weighted by atomic mass is 32.2. The van der Waals surface area contributed by atoms with Crippen molar-refractivity contribution in [3.8, 4) is 0 Å². The van der Waals surface area contributed by atoms with E-state index < -0.39 is 11.4 Å². The zero-order valence-corrected chi connectivity index (χ0v) is 18.4. The molecule has 0 spiro atoms. The molecule has 5 nitrogen and oxygen atoms in total. The van der Waals surface area contributed by atoms with E-state index in [0.29, 0.717) is 5.96 Å². The van der Waals surface area contributed by atoms with Crippen LogP contribution in [0.3, 0.4) is 0 Å². The van der Waals surface area contributed by atoms with Gasteiger partial charge in [0.2, 0.25) is 0 Å². The summed E-state index contributed by atoms with van der Waals surface area (Å²) < 4.78 is 15.6. The maximum atomic E-state index is 12.5. The largest absolute Gasteiger partial charge is 0.588 e. The number of guanidine groups is 1. The quantitative estimate of drug-likeness (QED) is 0.501. The Morgan fingerprint density at radius 3 is 2.67 bits per heavy atom. The van der Waals surface area contributed by atoms with Gasteiger partial charge in [-0.15, -0.1) is 0 Å². The summed E-state index contributed by atoms with van der Waals surface area (Å²) in [6.07, 6.45) is 1.03. The van der Waals surface area contributed by atoms with Gasteiger partial charge >= 0.3 is 0 Å². The number of nitrogens with zero attached hydrogens (tertiary/aromatic N) is 2. The van der Waals surface area contributed by atoms with Crippen LogP contribution in [-0.2, 0) is 17.9 Å². The topological polar surface area (TPSA) is 76.7 Å². The number of nitrogens with one attached hydrogen (secondary N) is 1. The molecule has 4 rings (SSSR count). The van der Waals surface area contributed by atoms with E-state index in [1.165, 1.54) is 5.56 Å². The minimum absolute atomic E-state index is 0.593. The second-order valence-electron chi connectivity index (χ2n) is 7.00. The normalized spacial score (nSPS) is 14.1. The molecule has 154 valence electrons. The highest BCUT2D eigenvalue weighted by Gasteiger charge is 2.17. The Labute approximate surface area is 184 Å². The van der Waals surface area contributed by atoms with Crippen molar-refractivity contribution >= 4 is 40.5 Å². The van der Waals surface area contributed by atoms with Crippen molar-refractivity contribution in [1.29, 1.82) is 0 Å². The third-order valence-electron chi connectivity index (χ3n) is 4.70. The summed E-state index contributed by atoms with van der Waals surface area (Å²) in [6.45, 7) is 3.82. The van der Waals surface area contributed by atoms with Gasteiger partial charge < -0.3 is 15.2 Å². The fourth-order valence-electron chi connectivity index (χ4n) is 3.27. The maximum Gasteiger partial charge on any atom is 0.196 e. The van der Waals surface area contributed by atoms with E-state index in [1.807, 2.05) is 54.6 Å². The first kappa shape index (κ1) is 20.7. The van der Waals surface area contributed by atoms with Crippen molar-refractivity contribution in [2.24, 2.45) is 10.7 Å². The molecule has 1 unspecified atom stereocenters. The lowest BCUT2D eigenvalue weighted by molar-refractivity contribution is 0.402. The highest BCUT2D eigenvalue weighted by molar-refractivity contribution is 7.99. The van der Waals surface area contributed by atoms with Crippen LogP contribution in [0.2, 0.25) is 0 Å². The van der Waals surface area contributed by atoms with Gasteiger partial charge in [-0.3, -0.25) is 0 Å². The molecule has 1 heterocycles. The fraction of sp³-hybridized carbons (Fsp3) is 0.174. The second kappa shape index (κ2) is 9.47. The van der Waals surface area contributed by atoms with E-state index in [0.717, 1.165) is 45.6 Å². The van der Waals surface area contributed by atoms with Gasteiger partial charge in [-0.25, -0.2) is 9.71 Å². The summed E-state index contributed by atoms with van der Waals surface area (Å²) in [6, 6.07) is 23.6. The Morgan fingerprint density at radius 2 is 1.87 bits per heavy atom. The van der Waals surface area contributed by atoms with E-state index in [4.69, 9.17) is 5.73 Å². The molecule has 3 aromatic rings. The monoisotopic (exact) mass is 436 g/mol. The molecule has 0 saturated carbocycles. The van der Waals surface area contributed by atoms with E-state index in [2.05, 4.69) is 39.7 Å². The SMILES string of the molecule is CCCN1Cc2cc(Sc3cccc(N[S+]([O-])c4ccccc4)c3)ccc2N=C1N. The number of benzene rings is 3. The Hall–Kier alpha value is -2.61. The molecule has 0 radical (unpaired) electrons. The average Bonchev–Trinajstić information content (AvgIpc) is 2.75. The molecule has 30 heavy (non-hydrogen) atoms. The van der Waals surface area contributed by atoms with Crippen molar-refractivity contribution in [2.75, 3.05) is 11.3 Å². The van der Waals surface area contributed by atoms with E-state index in [-0.39, 0.29) is 0 Å². The van der Waals surface area contributed by atoms with Crippen LogP contribution in [0.5, 0.6) is 0 Å². The first-order valence-corrected chi connectivity index (χ1v) is 11.8. The summed E-state index contributed by atoms with van der Waals surface area (Å²) >= 11 is 0.384. The molecule has 0 amide bonds. The summed E-state index contributed by atoms with van der Waals surface area (Å²) in [7, 11) is 0. The van der Waals surface area contributed by atoms with Crippen molar-refractivity contribution < 1.29 is 4.55 Å². The zero-order chi connectivity index (χ0) is 20.9. The molecule has 1 aliphatic rings. The molecule has 7 heteroatoms. The van der Waals surface area contributed by atoms with Gasteiger partial charge in [0.1, 0.15) is 11.4 Å². The molecule has 3 aromatic carbocycles. The lowest BCUT2D eigenvalue weighted by Crippen LogP contribution is -2.39. The van der Waals surface area contributed by atoms with Gasteiger partial charge in [-0.2, -0.15) is 0 Å². The van der Waals surface area contributed by atoms with Gasteiger partial charge in [0.25, 0.3) is 0 Å². The number of anilines is 1.